The summed E-state index contributed by atoms with van der Waals surface area (Å²) in [7, 11) is 0. The molecule has 0 saturated heterocycles. The Morgan fingerprint density at radius 2 is 1.90 bits per heavy atom. The van der Waals surface area contributed by atoms with Gasteiger partial charge in [-0.3, -0.25) is 9.59 Å². The second-order valence-electron chi connectivity index (χ2n) is 3.85. The first-order valence-corrected chi connectivity index (χ1v) is 5.39. The van der Waals surface area contributed by atoms with Gasteiger partial charge in [0.15, 0.2) is 0 Å². The van der Waals surface area contributed by atoms with Crippen LogP contribution in [0.15, 0.2) is 18.2 Å². The first kappa shape index (κ1) is 15.6. The number of phenols is 1. The Bertz CT molecular complexity index is 517. The molecule has 5 N–H and O–H groups in total. The van der Waals surface area contributed by atoms with Crippen molar-refractivity contribution in [3.8, 4) is 5.75 Å². The Labute approximate surface area is 111 Å². The van der Waals surface area contributed by atoms with Gasteiger partial charge in [-0.05, 0) is 18.2 Å². The molecule has 110 valence electrons. The summed E-state index contributed by atoms with van der Waals surface area (Å²) in [5.41, 5.74) is 5.48. The van der Waals surface area contributed by atoms with E-state index in [0.717, 1.165) is 6.07 Å². The van der Waals surface area contributed by atoms with E-state index >= 15 is 0 Å². The van der Waals surface area contributed by atoms with E-state index in [1.807, 2.05) is 0 Å². The quantitative estimate of drug-likeness (QED) is 0.475. The van der Waals surface area contributed by atoms with Crippen LogP contribution in [0.2, 0.25) is 0 Å². The minimum absolute atomic E-state index is 0.0657. The molecule has 0 heterocycles. The number of alkyl halides is 3. The predicted octanol–water partition coefficient (Wildman–Crippen LogP) is 0.383. The van der Waals surface area contributed by atoms with E-state index in [9.17, 15) is 27.9 Å². The van der Waals surface area contributed by atoms with Crippen molar-refractivity contribution in [3.63, 3.8) is 0 Å². The zero-order valence-electron chi connectivity index (χ0n) is 10.1. The topological polar surface area (TPSA) is 104 Å². The molecule has 20 heavy (non-hydrogen) atoms. The standard InChI is InChI=1S/C11H12F3N3O3/c12-11(13,14)5-17-9(19)4-16-10(20)7-3-6(18)1-2-8(7)15/h1-3,18H,4-5,15H2,(H,16,20)(H,17,19). The molecule has 1 aromatic carbocycles. The maximum absolute atomic E-state index is 11.8. The molecule has 0 aliphatic carbocycles. The van der Waals surface area contributed by atoms with Crippen molar-refractivity contribution in [1.82, 2.24) is 10.6 Å². The van der Waals surface area contributed by atoms with Crippen molar-refractivity contribution >= 4 is 17.5 Å². The number of aromatic hydroxyl groups is 1. The second-order valence-corrected chi connectivity index (χ2v) is 3.85. The summed E-state index contributed by atoms with van der Waals surface area (Å²) in [5.74, 6) is -1.97. The lowest BCUT2D eigenvalue weighted by atomic mass is 10.1. The summed E-state index contributed by atoms with van der Waals surface area (Å²) < 4.78 is 35.5. The lowest BCUT2D eigenvalue weighted by Gasteiger charge is -2.10. The predicted molar refractivity (Wildman–Crippen MR) is 63.9 cm³/mol. The molecule has 1 aromatic rings. The Morgan fingerprint density at radius 3 is 2.50 bits per heavy atom. The van der Waals surface area contributed by atoms with Gasteiger partial charge in [-0.2, -0.15) is 13.2 Å². The highest BCUT2D eigenvalue weighted by molar-refractivity contribution is 6.01. The molecule has 0 fully saturated rings. The molecule has 0 aliphatic heterocycles. The third-order valence-corrected chi connectivity index (χ3v) is 2.18. The average molecular weight is 291 g/mol. The van der Waals surface area contributed by atoms with Gasteiger partial charge in [0.05, 0.1) is 12.1 Å². The van der Waals surface area contributed by atoms with Crippen LogP contribution in [0.3, 0.4) is 0 Å². The Balaban J connectivity index is 2.51. The van der Waals surface area contributed by atoms with Crippen LogP contribution in [0, 0.1) is 0 Å². The zero-order valence-corrected chi connectivity index (χ0v) is 10.1. The lowest BCUT2D eigenvalue weighted by molar-refractivity contribution is -0.137. The number of halogens is 3. The lowest BCUT2D eigenvalue weighted by Crippen LogP contribution is -2.41. The number of phenolic OH excluding ortho intramolecular Hbond substituents is 1. The monoisotopic (exact) mass is 291 g/mol. The molecule has 0 radical (unpaired) electrons. The van der Waals surface area contributed by atoms with E-state index in [0.29, 0.717) is 0 Å². The van der Waals surface area contributed by atoms with Crippen LogP contribution in [0.5, 0.6) is 5.75 Å². The summed E-state index contributed by atoms with van der Waals surface area (Å²) in [6, 6.07) is 3.63. The van der Waals surface area contributed by atoms with Gasteiger partial charge in [0, 0.05) is 5.69 Å². The number of benzene rings is 1. The number of hydrogen-bond donors (Lipinski definition) is 4. The number of nitrogens with one attached hydrogen (secondary N) is 2. The molecule has 6 nitrogen and oxygen atoms in total. The summed E-state index contributed by atoms with van der Waals surface area (Å²) in [6.45, 7) is -2.11. The summed E-state index contributed by atoms with van der Waals surface area (Å²) in [5, 5.41) is 12.9. The number of nitrogen functional groups attached to an aromatic ring is 1. The van der Waals surface area contributed by atoms with Crippen LogP contribution in [0.4, 0.5) is 18.9 Å². The molecular formula is C11H12F3N3O3. The van der Waals surface area contributed by atoms with Crippen LogP contribution in [0.1, 0.15) is 10.4 Å². The molecule has 1 rings (SSSR count). The highest BCUT2D eigenvalue weighted by Crippen LogP contribution is 2.18. The summed E-state index contributed by atoms with van der Waals surface area (Å²) >= 11 is 0. The largest absolute Gasteiger partial charge is 0.508 e. The second kappa shape index (κ2) is 6.13. The molecular weight excluding hydrogens is 279 g/mol. The Kier molecular flexibility index (Phi) is 4.78. The van der Waals surface area contributed by atoms with E-state index in [-0.39, 0.29) is 17.0 Å². The molecule has 0 bridgehead atoms. The van der Waals surface area contributed by atoms with Crippen LogP contribution < -0.4 is 16.4 Å². The molecule has 0 unspecified atom stereocenters. The van der Waals surface area contributed by atoms with E-state index < -0.39 is 31.1 Å². The average Bonchev–Trinajstić information content (AvgIpc) is 2.35. The molecule has 0 saturated carbocycles. The van der Waals surface area contributed by atoms with Gasteiger partial charge in [-0.25, -0.2) is 0 Å². The molecule has 9 heteroatoms. The summed E-state index contributed by atoms with van der Waals surface area (Å²) in [4.78, 5) is 22.7. The highest BCUT2D eigenvalue weighted by atomic mass is 19.4. The molecule has 0 atom stereocenters. The van der Waals surface area contributed by atoms with Crippen molar-refractivity contribution < 1.29 is 27.9 Å². The number of anilines is 1. The third kappa shape index (κ3) is 5.04. The van der Waals surface area contributed by atoms with Crippen molar-refractivity contribution in [3.05, 3.63) is 23.8 Å². The van der Waals surface area contributed by atoms with Gasteiger partial charge in [0.25, 0.3) is 5.91 Å². The van der Waals surface area contributed by atoms with Gasteiger partial charge in [0.2, 0.25) is 5.91 Å². The fraction of sp³-hybridized carbons (Fsp3) is 0.273. The summed E-state index contributed by atoms with van der Waals surface area (Å²) in [6.07, 6.45) is -4.52. The van der Waals surface area contributed by atoms with Gasteiger partial charge < -0.3 is 21.5 Å². The minimum atomic E-state index is -4.52. The molecule has 2 amide bonds. The number of carbonyl (C=O) groups is 2. The van der Waals surface area contributed by atoms with Crippen LogP contribution in [-0.2, 0) is 4.79 Å². The Morgan fingerprint density at radius 1 is 1.25 bits per heavy atom. The number of carbonyl (C=O) groups excluding carboxylic acids is 2. The maximum Gasteiger partial charge on any atom is 0.405 e. The van der Waals surface area contributed by atoms with Crippen molar-refractivity contribution in [2.24, 2.45) is 0 Å². The van der Waals surface area contributed by atoms with Crippen LogP contribution >= 0.6 is 0 Å². The first-order valence-electron chi connectivity index (χ1n) is 5.39. The van der Waals surface area contributed by atoms with Crippen molar-refractivity contribution in [2.75, 3.05) is 18.8 Å². The number of hydrogen-bond acceptors (Lipinski definition) is 4. The Hall–Kier alpha value is -2.45. The van der Waals surface area contributed by atoms with Gasteiger partial charge in [-0.1, -0.05) is 0 Å². The molecule has 0 aromatic heterocycles. The number of amides is 2. The molecule has 0 aliphatic rings. The SMILES string of the molecule is Nc1ccc(O)cc1C(=O)NCC(=O)NCC(F)(F)F. The van der Waals surface area contributed by atoms with Crippen LogP contribution in [0.25, 0.3) is 0 Å². The third-order valence-electron chi connectivity index (χ3n) is 2.18. The van der Waals surface area contributed by atoms with Crippen molar-refractivity contribution in [2.45, 2.75) is 6.18 Å². The van der Waals surface area contributed by atoms with E-state index in [1.54, 1.807) is 5.32 Å². The first-order chi connectivity index (χ1) is 9.19. The van der Waals surface area contributed by atoms with Gasteiger partial charge in [-0.15, -0.1) is 0 Å². The van der Waals surface area contributed by atoms with Crippen LogP contribution in [-0.4, -0.2) is 36.2 Å². The smallest absolute Gasteiger partial charge is 0.405 e. The number of nitrogens with two attached hydrogens (primary N) is 1. The normalized spacial score (nSPS) is 10.9. The highest BCUT2D eigenvalue weighted by Gasteiger charge is 2.27. The van der Waals surface area contributed by atoms with E-state index in [1.165, 1.54) is 12.1 Å². The maximum atomic E-state index is 11.8. The molecule has 0 spiro atoms. The van der Waals surface area contributed by atoms with Gasteiger partial charge in [0.1, 0.15) is 12.3 Å². The van der Waals surface area contributed by atoms with Crippen molar-refractivity contribution in [1.29, 1.82) is 0 Å². The van der Waals surface area contributed by atoms with E-state index in [2.05, 4.69) is 5.32 Å². The minimum Gasteiger partial charge on any atom is -0.508 e. The fourth-order valence-electron chi connectivity index (χ4n) is 1.26. The zero-order chi connectivity index (χ0) is 15.3. The van der Waals surface area contributed by atoms with Gasteiger partial charge >= 0.3 is 6.18 Å². The van der Waals surface area contributed by atoms with E-state index in [4.69, 9.17) is 5.73 Å². The fourth-order valence-corrected chi connectivity index (χ4v) is 1.26. The number of rotatable bonds is 4.